The van der Waals surface area contributed by atoms with E-state index in [0.29, 0.717) is 6.54 Å². The molecule has 0 bridgehead atoms. The van der Waals surface area contributed by atoms with Crippen molar-refractivity contribution in [3.63, 3.8) is 0 Å². The number of rotatable bonds is 3. The van der Waals surface area contributed by atoms with Crippen LogP contribution in [0.5, 0.6) is 0 Å². The minimum Gasteiger partial charge on any atom is -0.459 e. The Morgan fingerprint density at radius 2 is 2.33 bits per heavy atom. The van der Waals surface area contributed by atoms with Crippen molar-refractivity contribution in [2.24, 2.45) is 0 Å². The van der Waals surface area contributed by atoms with Crippen LogP contribution in [-0.2, 0) is 20.9 Å². The molecule has 6 heteroatoms. The van der Waals surface area contributed by atoms with Crippen LogP contribution in [-0.4, -0.2) is 18.5 Å². The van der Waals surface area contributed by atoms with E-state index in [-0.39, 0.29) is 6.61 Å². The summed E-state index contributed by atoms with van der Waals surface area (Å²) in [5, 5.41) is 4.38. The molecule has 1 aromatic rings. The number of carbonyl (C=O) groups is 2. The fourth-order valence-electron chi connectivity index (χ4n) is 0.881. The first-order chi connectivity index (χ1) is 7.15. The topological polar surface area (TPSA) is 55.4 Å². The SMILES string of the molecule is CCOC(=O)C(=O)NCc1sccc1Br. The molecule has 4 nitrogen and oxygen atoms in total. The Morgan fingerprint density at radius 3 is 2.87 bits per heavy atom. The van der Waals surface area contributed by atoms with E-state index >= 15 is 0 Å². The maximum atomic E-state index is 11.1. The van der Waals surface area contributed by atoms with Gasteiger partial charge >= 0.3 is 11.9 Å². The molecule has 0 spiro atoms. The summed E-state index contributed by atoms with van der Waals surface area (Å²) in [6.07, 6.45) is 0. The molecule has 1 amide bonds. The fourth-order valence-corrected chi connectivity index (χ4v) is 2.31. The number of carbonyl (C=O) groups excluding carboxylic acids is 2. The Hall–Kier alpha value is -0.880. The predicted molar refractivity (Wildman–Crippen MR) is 60.5 cm³/mol. The Kier molecular flexibility index (Phi) is 4.77. The molecule has 0 aliphatic rings. The van der Waals surface area contributed by atoms with Crippen LogP contribution in [0.3, 0.4) is 0 Å². The minimum absolute atomic E-state index is 0.203. The highest BCUT2D eigenvalue weighted by molar-refractivity contribution is 9.10. The molecule has 0 unspecified atom stereocenters. The molecule has 1 aromatic heterocycles. The number of esters is 1. The molecular formula is C9H10BrNO3S. The lowest BCUT2D eigenvalue weighted by Gasteiger charge is -2.03. The third kappa shape index (κ3) is 3.64. The van der Waals surface area contributed by atoms with Crippen molar-refractivity contribution in [1.82, 2.24) is 5.32 Å². The third-order valence-corrected chi connectivity index (χ3v) is 3.49. The van der Waals surface area contributed by atoms with Gasteiger partial charge in [0, 0.05) is 9.35 Å². The molecule has 0 radical (unpaired) electrons. The number of ether oxygens (including phenoxy) is 1. The van der Waals surface area contributed by atoms with Gasteiger partial charge in [-0.3, -0.25) is 4.79 Å². The Morgan fingerprint density at radius 1 is 1.60 bits per heavy atom. The third-order valence-electron chi connectivity index (χ3n) is 1.56. The molecule has 1 heterocycles. The van der Waals surface area contributed by atoms with E-state index in [2.05, 4.69) is 26.0 Å². The van der Waals surface area contributed by atoms with Crippen LogP contribution < -0.4 is 5.32 Å². The number of halogens is 1. The summed E-state index contributed by atoms with van der Waals surface area (Å²) in [5.41, 5.74) is 0. The van der Waals surface area contributed by atoms with Crippen LogP contribution in [0.15, 0.2) is 15.9 Å². The molecule has 82 valence electrons. The summed E-state index contributed by atoms with van der Waals surface area (Å²) >= 11 is 4.83. The molecule has 0 aliphatic heterocycles. The van der Waals surface area contributed by atoms with E-state index in [1.165, 1.54) is 11.3 Å². The minimum atomic E-state index is -0.842. The summed E-state index contributed by atoms with van der Waals surface area (Å²) in [6.45, 7) is 2.19. The highest BCUT2D eigenvalue weighted by atomic mass is 79.9. The molecule has 0 saturated heterocycles. The van der Waals surface area contributed by atoms with Crippen molar-refractivity contribution in [2.75, 3.05) is 6.61 Å². The standard InChI is InChI=1S/C9H10BrNO3S/c1-2-14-9(13)8(12)11-5-7-6(10)3-4-15-7/h3-4H,2,5H2,1H3,(H,11,12). The largest absolute Gasteiger partial charge is 0.459 e. The van der Waals surface area contributed by atoms with Gasteiger partial charge in [-0.05, 0) is 34.3 Å². The van der Waals surface area contributed by atoms with Gasteiger partial charge in [-0.25, -0.2) is 4.79 Å². The summed E-state index contributed by atoms with van der Waals surface area (Å²) in [4.78, 5) is 23.1. The number of hydrogen-bond acceptors (Lipinski definition) is 4. The lowest BCUT2D eigenvalue weighted by atomic mass is 10.4. The van der Waals surface area contributed by atoms with E-state index in [4.69, 9.17) is 0 Å². The zero-order valence-electron chi connectivity index (χ0n) is 8.08. The van der Waals surface area contributed by atoms with E-state index in [1.807, 2.05) is 11.4 Å². The first-order valence-electron chi connectivity index (χ1n) is 4.32. The van der Waals surface area contributed by atoms with Gasteiger partial charge in [0.05, 0.1) is 13.2 Å². The van der Waals surface area contributed by atoms with Crippen LogP contribution in [0.25, 0.3) is 0 Å². The zero-order valence-corrected chi connectivity index (χ0v) is 10.5. The maximum absolute atomic E-state index is 11.1. The summed E-state index contributed by atoms with van der Waals surface area (Å²) in [6, 6.07) is 1.89. The number of thiophene rings is 1. The van der Waals surface area contributed by atoms with Gasteiger partial charge in [0.2, 0.25) is 0 Å². The van der Waals surface area contributed by atoms with Gasteiger partial charge in [-0.15, -0.1) is 11.3 Å². The normalized spacial score (nSPS) is 9.73. The van der Waals surface area contributed by atoms with Crippen LogP contribution in [0.2, 0.25) is 0 Å². The van der Waals surface area contributed by atoms with Crippen molar-refractivity contribution in [3.8, 4) is 0 Å². The highest BCUT2D eigenvalue weighted by Crippen LogP contribution is 2.21. The zero-order chi connectivity index (χ0) is 11.3. The molecule has 0 saturated carbocycles. The predicted octanol–water partition coefficient (Wildman–Crippen LogP) is 1.69. The summed E-state index contributed by atoms with van der Waals surface area (Å²) < 4.78 is 5.47. The molecule has 0 fully saturated rings. The first kappa shape index (κ1) is 12.2. The van der Waals surface area contributed by atoms with Crippen LogP contribution >= 0.6 is 27.3 Å². The molecule has 0 atom stereocenters. The molecule has 15 heavy (non-hydrogen) atoms. The van der Waals surface area contributed by atoms with Gasteiger partial charge in [0.15, 0.2) is 0 Å². The van der Waals surface area contributed by atoms with E-state index < -0.39 is 11.9 Å². The quantitative estimate of drug-likeness (QED) is 0.681. The van der Waals surface area contributed by atoms with Gasteiger partial charge < -0.3 is 10.1 Å². The van der Waals surface area contributed by atoms with Crippen molar-refractivity contribution in [3.05, 3.63) is 20.8 Å². The average Bonchev–Trinajstić information content (AvgIpc) is 2.61. The average molecular weight is 292 g/mol. The second kappa shape index (κ2) is 5.87. The lowest BCUT2D eigenvalue weighted by Crippen LogP contribution is -2.31. The number of hydrogen-bond donors (Lipinski definition) is 1. The van der Waals surface area contributed by atoms with Gasteiger partial charge in [-0.1, -0.05) is 0 Å². The molecular weight excluding hydrogens is 282 g/mol. The Bertz CT molecular complexity index is 364. The molecule has 0 aliphatic carbocycles. The Balaban J connectivity index is 2.41. The fraction of sp³-hybridized carbons (Fsp3) is 0.333. The Labute approximate surface area is 99.8 Å². The van der Waals surface area contributed by atoms with Crippen LogP contribution in [0.1, 0.15) is 11.8 Å². The lowest BCUT2D eigenvalue weighted by molar-refractivity contribution is -0.154. The van der Waals surface area contributed by atoms with E-state index in [0.717, 1.165) is 9.35 Å². The molecule has 0 aromatic carbocycles. The summed E-state index contributed by atoms with van der Waals surface area (Å²) in [7, 11) is 0. The molecule has 1 rings (SSSR count). The van der Waals surface area contributed by atoms with Gasteiger partial charge in [0.25, 0.3) is 0 Å². The van der Waals surface area contributed by atoms with Crippen molar-refractivity contribution in [2.45, 2.75) is 13.5 Å². The van der Waals surface area contributed by atoms with Gasteiger partial charge in [-0.2, -0.15) is 0 Å². The van der Waals surface area contributed by atoms with Crippen molar-refractivity contribution >= 4 is 39.1 Å². The number of amides is 1. The smallest absolute Gasteiger partial charge is 0.396 e. The summed E-state index contributed by atoms with van der Waals surface area (Å²) in [5.74, 6) is -1.55. The van der Waals surface area contributed by atoms with E-state index in [1.54, 1.807) is 6.92 Å². The monoisotopic (exact) mass is 291 g/mol. The van der Waals surface area contributed by atoms with Gasteiger partial charge in [0.1, 0.15) is 0 Å². The van der Waals surface area contributed by atoms with Crippen molar-refractivity contribution < 1.29 is 14.3 Å². The second-order valence-electron chi connectivity index (χ2n) is 2.59. The van der Waals surface area contributed by atoms with Crippen LogP contribution in [0, 0.1) is 0 Å². The second-order valence-corrected chi connectivity index (χ2v) is 4.45. The maximum Gasteiger partial charge on any atom is 0.396 e. The van der Waals surface area contributed by atoms with E-state index in [9.17, 15) is 9.59 Å². The highest BCUT2D eigenvalue weighted by Gasteiger charge is 2.14. The van der Waals surface area contributed by atoms with Crippen molar-refractivity contribution in [1.29, 1.82) is 0 Å². The van der Waals surface area contributed by atoms with Crippen LogP contribution in [0.4, 0.5) is 0 Å². The molecule has 1 N–H and O–H groups in total. The number of nitrogens with one attached hydrogen (secondary N) is 1. The first-order valence-corrected chi connectivity index (χ1v) is 5.99.